The summed E-state index contributed by atoms with van der Waals surface area (Å²) in [6.07, 6.45) is 1.84. The minimum atomic E-state index is -0.605. The molecule has 3 nitrogen and oxygen atoms in total. The van der Waals surface area contributed by atoms with E-state index in [1.165, 1.54) is 0 Å². The first kappa shape index (κ1) is 7.52. The first-order chi connectivity index (χ1) is 4.31. The van der Waals surface area contributed by atoms with Crippen molar-refractivity contribution in [2.75, 3.05) is 0 Å². The summed E-state index contributed by atoms with van der Waals surface area (Å²) in [4.78, 5) is 10.3. The summed E-state index contributed by atoms with van der Waals surface area (Å²) in [7, 11) is 0. The molecule has 0 aromatic carbocycles. The molecule has 46 valence electrons. The van der Waals surface area contributed by atoms with Crippen molar-refractivity contribution in [1.29, 1.82) is 5.26 Å². The third-order valence-electron chi connectivity index (χ3n) is 0.490. The first-order valence-electron chi connectivity index (χ1n) is 2.29. The van der Waals surface area contributed by atoms with E-state index < -0.39 is 5.97 Å². The van der Waals surface area contributed by atoms with Crippen molar-refractivity contribution >= 4 is 5.97 Å². The zero-order valence-corrected chi connectivity index (χ0v) is 4.97. The molecule has 0 heterocycles. The molecule has 0 radical (unpaired) electrons. The molecule has 9 heavy (non-hydrogen) atoms. The number of nitrogens with zero attached hydrogens (tertiary/aromatic N) is 1. The van der Waals surface area contributed by atoms with Crippen LogP contribution in [-0.2, 0) is 9.53 Å². The van der Waals surface area contributed by atoms with Crippen LogP contribution in [-0.4, -0.2) is 5.97 Å². The average molecular weight is 123 g/mol. The Balaban J connectivity index is 3.50. The van der Waals surface area contributed by atoms with Crippen LogP contribution in [0, 0.1) is 23.4 Å². The van der Waals surface area contributed by atoms with Gasteiger partial charge in [0.2, 0.25) is 0 Å². The van der Waals surface area contributed by atoms with Crippen LogP contribution in [0.3, 0.4) is 0 Å². The molecule has 0 aliphatic rings. The number of carbonyl (C=O) groups is 1. The monoisotopic (exact) mass is 123 g/mol. The molecule has 0 aliphatic carbocycles. The lowest BCUT2D eigenvalue weighted by atomic mass is 10.5. The molecular weight excluding hydrogens is 118 g/mol. The molecule has 0 bridgehead atoms. The summed E-state index contributed by atoms with van der Waals surface area (Å²) in [6.45, 7) is 1.54. The quantitative estimate of drug-likeness (QED) is 0.375. The second-order valence-electron chi connectivity index (χ2n) is 1.16. The molecule has 0 fully saturated rings. The Morgan fingerprint density at radius 3 is 2.89 bits per heavy atom. The van der Waals surface area contributed by atoms with Crippen molar-refractivity contribution in [2.24, 2.45) is 0 Å². The lowest BCUT2D eigenvalue weighted by Crippen LogP contribution is -1.96. The number of esters is 1. The van der Waals surface area contributed by atoms with Crippen molar-refractivity contribution in [3.63, 3.8) is 0 Å². The normalized spacial score (nSPS) is 6.22. The molecule has 0 atom stereocenters. The lowest BCUT2D eigenvalue weighted by molar-refractivity contribution is -0.135. The van der Waals surface area contributed by atoms with Gasteiger partial charge in [-0.05, 0) is 0 Å². The molecule has 0 spiro atoms. The highest BCUT2D eigenvalue weighted by molar-refractivity contribution is 5.72. The Hall–Kier alpha value is -1.48. The van der Waals surface area contributed by atoms with Gasteiger partial charge < -0.3 is 4.74 Å². The fraction of sp³-hybridized carbons (Fsp3) is 0.333. The van der Waals surface area contributed by atoms with Gasteiger partial charge >= 0.3 is 5.97 Å². The van der Waals surface area contributed by atoms with Gasteiger partial charge in [-0.3, -0.25) is 0 Å². The van der Waals surface area contributed by atoms with Gasteiger partial charge in [0.15, 0.2) is 0 Å². The molecule has 0 rings (SSSR count). The highest BCUT2D eigenvalue weighted by atomic mass is 16.5. The van der Waals surface area contributed by atoms with Crippen LogP contribution < -0.4 is 0 Å². The number of hydrogen-bond donors (Lipinski definition) is 0. The Labute approximate surface area is 53.2 Å². The Bertz CT molecular complexity index is 191. The van der Waals surface area contributed by atoms with Gasteiger partial charge in [-0.2, -0.15) is 5.26 Å². The molecule has 0 unspecified atom stereocenters. The fourth-order valence-electron chi connectivity index (χ4n) is 0.209. The van der Waals surface area contributed by atoms with Crippen molar-refractivity contribution in [3.05, 3.63) is 0 Å². The van der Waals surface area contributed by atoms with Crippen LogP contribution in [0.15, 0.2) is 0 Å². The number of nitriles is 1. The zero-order valence-electron chi connectivity index (χ0n) is 4.97. The van der Waals surface area contributed by atoms with E-state index in [1.807, 2.05) is 0 Å². The van der Waals surface area contributed by atoms with Gasteiger partial charge in [-0.15, -0.1) is 0 Å². The van der Waals surface area contributed by atoms with Gasteiger partial charge in [0, 0.05) is 6.92 Å². The van der Waals surface area contributed by atoms with Crippen molar-refractivity contribution in [2.45, 2.75) is 13.3 Å². The van der Waals surface area contributed by atoms with Crippen molar-refractivity contribution in [3.8, 4) is 18.1 Å². The fourth-order valence-corrected chi connectivity index (χ4v) is 0.209. The smallest absolute Gasteiger partial charge is 0.334 e. The second-order valence-corrected chi connectivity index (χ2v) is 1.16. The van der Waals surface area contributed by atoms with E-state index >= 15 is 0 Å². The van der Waals surface area contributed by atoms with Crippen LogP contribution in [0.5, 0.6) is 0 Å². The molecule has 0 N–H and O–H groups in total. The molecule has 0 aromatic heterocycles. The Kier molecular flexibility index (Phi) is 3.90. The standard InChI is InChI=1S/C6H5NO2/c1-2-5-9-6(8)3-4-7/h3H2,1H3. The van der Waals surface area contributed by atoms with E-state index in [1.54, 1.807) is 13.0 Å². The molecule has 0 saturated heterocycles. The zero-order chi connectivity index (χ0) is 7.11. The Morgan fingerprint density at radius 2 is 2.44 bits per heavy atom. The van der Waals surface area contributed by atoms with E-state index in [0.29, 0.717) is 0 Å². The molecule has 0 aromatic rings. The van der Waals surface area contributed by atoms with Gasteiger partial charge in [0.05, 0.1) is 6.07 Å². The highest BCUT2D eigenvalue weighted by Gasteiger charge is 1.96. The van der Waals surface area contributed by atoms with Crippen LogP contribution >= 0.6 is 0 Å². The topological polar surface area (TPSA) is 50.1 Å². The third kappa shape index (κ3) is 4.37. The summed E-state index contributed by atoms with van der Waals surface area (Å²) in [5, 5.41) is 7.94. The van der Waals surface area contributed by atoms with E-state index in [0.717, 1.165) is 0 Å². The highest BCUT2D eigenvalue weighted by Crippen LogP contribution is 1.80. The van der Waals surface area contributed by atoms with E-state index in [2.05, 4.69) is 16.8 Å². The number of rotatable bonds is 1. The third-order valence-corrected chi connectivity index (χ3v) is 0.490. The Morgan fingerprint density at radius 1 is 1.78 bits per heavy atom. The van der Waals surface area contributed by atoms with Crippen molar-refractivity contribution in [1.82, 2.24) is 0 Å². The van der Waals surface area contributed by atoms with Gasteiger partial charge in [0.25, 0.3) is 0 Å². The number of carbonyl (C=O) groups excluding carboxylic acids is 1. The van der Waals surface area contributed by atoms with Gasteiger partial charge in [-0.25, -0.2) is 4.79 Å². The second kappa shape index (κ2) is 4.67. The molecular formula is C6H5NO2. The summed E-state index contributed by atoms with van der Waals surface area (Å²) in [6, 6.07) is 1.63. The van der Waals surface area contributed by atoms with Crippen LogP contribution in [0.4, 0.5) is 0 Å². The average Bonchev–Trinajstić information content (AvgIpc) is 1.85. The van der Waals surface area contributed by atoms with Crippen molar-refractivity contribution < 1.29 is 9.53 Å². The summed E-state index contributed by atoms with van der Waals surface area (Å²) >= 11 is 0. The molecule has 3 heteroatoms. The largest absolute Gasteiger partial charge is 0.371 e. The molecule has 0 saturated carbocycles. The van der Waals surface area contributed by atoms with Gasteiger partial charge in [-0.1, -0.05) is 5.92 Å². The van der Waals surface area contributed by atoms with Crippen LogP contribution in [0.2, 0.25) is 0 Å². The van der Waals surface area contributed by atoms with Crippen LogP contribution in [0.25, 0.3) is 0 Å². The van der Waals surface area contributed by atoms with E-state index in [4.69, 9.17) is 5.26 Å². The van der Waals surface area contributed by atoms with E-state index in [-0.39, 0.29) is 6.42 Å². The predicted molar refractivity (Wildman–Crippen MR) is 29.8 cm³/mol. The van der Waals surface area contributed by atoms with Crippen LogP contribution in [0.1, 0.15) is 13.3 Å². The molecule has 0 aliphatic heterocycles. The minimum Gasteiger partial charge on any atom is -0.371 e. The summed E-state index contributed by atoms with van der Waals surface area (Å²) in [5.41, 5.74) is 0. The summed E-state index contributed by atoms with van der Waals surface area (Å²) in [5.74, 6) is 1.75. The maximum absolute atomic E-state index is 10.3. The van der Waals surface area contributed by atoms with E-state index in [9.17, 15) is 4.79 Å². The number of hydrogen-bond acceptors (Lipinski definition) is 3. The predicted octanol–water partition coefficient (Wildman–Crippen LogP) is 0.424. The molecule has 0 amide bonds. The SMILES string of the molecule is CC#COC(=O)CC#N. The maximum atomic E-state index is 10.3. The minimum absolute atomic E-state index is 0.241. The van der Waals surface area contributed by atoms with Gasteiger partial charge in [0.1, 0.15) is 12.5 Å². The number of ether oxygens (including phenoxy) is 1. The summed E-state index contributed by atoms with van der Waals surface area (Å²) < 4.78 is 4.21. The first-order valence-corrected chi connectivity index (χ1v) is 2.29. The lowest BCUT2D eigenvalue weighted by Gasteiger charge is -1.84. The maximum Gasteiger partial charge on any atom is 0.334 e.